The van der Waals surface area contributed by atoms with Gasteiger partial charge in [0, 0.05) is 6.54 Å². The number of anilines is 1. The van der Waals surface area contributed by atoms with Gasteiger partial charge in [-0.15, -0.1) is 0 Å². The second-order valence-corrected chi connectivity index (χ2v) is 3.65. The molecular weight excluding hydrogens is 233 g/mol. The van der Waals surface area contributed by atoms with Gasteiger partial charge in [-0.1, -0.05) is 30.3 Å². The lowest BCUT2D eigenvalue weighted by Crippen LogP contribution is -2.28. The molecule has 2 amide bonds. The van der Waals surface area contributed by atoms with Gasteiger partial charge in [-0.2, -0.15) is 0 Å². The molecule has 0 saturated carbocycles. The van der Waals surface area contributed by atoms with Crippen molar-refractivity contribution in [3.63, 3.8) is 0 Å². The molecule has 2 N–H and O–H groups in total. The van der Waals surface area contributed by atoms with Crippen LogP contribution in [0.25, 0.3) is 0 Å². The van der Waals surface area contributed by atoms with E-state index in [2.05, 4.69) is 15.6 Å². The minimum atomic E-state index is -0.440. The monoisotopic (exact) mass is 245 g/mol. The van der Waals surface area contributed by atoms with Crippen LogP contribution >= 0.6 is 0 Å². The number of urea groups is 1. The standard InChI is InChI=1S/C13H12FN3O/c14-11-6-7-12(15-9-11)17-13(18)16-8-10-4-2-1-3-5-10/h1-7,9H,8H2,(H2,15,16,17,18). The van der Waals surface area contributed by atoms with Gasteiger partial charge in [-0.05, 0) is 17.7 Å². The van der Waals surface area contributed by atoms with Crippen LogP contribution in [-0.2, 0) is 6.54 Å². The Morgan fingerprint density at radius 2 is 1.94 bits per heavy atom. The van der Waals surface area contributed by atoms with Crippen LogP contribution in [0.15, 0.2) is 48.7 Å². The Balaban J connectivity index is 1.84. The lowest BCUT2D eigenvalue weighted by Gasteiger charge is -2.06. The molecule has 1 heterocycles. The van der Waals surface area contributed by atoms with Crippen LogP contribution in [0.5, 0.6) is 0 Å². The Morgan fingerprint density at radius 3 is 2.61 bits per heavy atom. The molecule has 2 aromatic rings. The first-order valence-corrected chi connectivity index (χ1v) is 5.44. The van der Waals surface area contributed by atoms with Gasteiger partial charge in [0.1, 0.15) is 11.6 Å². The molecule has 0 atom stereocenters. The van der Waals surface area contributed by atoms with Crippen LogP contribution in [-0.4, -0.2) is 11.0 Å². The van der Waals surface area contributed by atoms with E-state index >= 15 is 0 Å². The number of hydrogen-bond donors (Lipinski definition) is 2. The van der Waals surface area contributed by atoms with Crippen molar-refractivity contribution >= 4 is 11.8 Å². The quantitative estimate of drug-likeness (QED) is 0.873. The Kier molecular flexibility index (Phi) is 3.86. The van der Waals surface area contributed by atoms with Crippen molar-refractivity contribution < 1.29 is 9.18 Å². The Hall–Kier alpha value is -2.43. The zero-order chi connectivity index (χ0) is 12.8. The van der Waals surface area contributed by atoms with Crippen LogP contribution in [0.1, 0.15) is 5.56 Å². The smallest absolute Gasteiger partial charge is 0.320 e. The van der Waals surface area contributed by atoms with Gasteiger partial charge in [0.25, 0.3) is 0 Å². The van der Waals surface area contributed by atoms with Crippen molar-refractivity contribution in [2.45, 2.75) is 6.54 Å². The average Bonchev–Trinajstić information content (AvgIpc) is 2.40. The van der Waals surface area contributed by atoms with Crippen molar-refractivity contribution in [1.29, 1.82) is 0 Å². The molecule has 2 rings (SSSR count). The highest BCUT2D eigenvalue weighted by atomic mass is 19.1. The number of halogens is 1. The third-order valence-electron chi connectivity index (χ3n) is 2.26. The fraction of sp³-hybridized carbons (Fsp3) is 0.0769. The molecule has 1 aromatic carbocycles. The predicted octanol–water partition coefficient (Wildman–Crippen LogP) is 2.54. The van der Waals surface area contributed by atoms with Crippen molar-refractivity contribution in [3.8, 4) is 0 Å². The van der Waals surface area contributed by atoms with Gasteiger partial charge in [0.2, 0.25) is 0 Å². The molecule has 0 radical (unpaired) electrons. The predicted molar refractivity (Wildman–Crippen MR) is 66.5 cm³/mol. The zero-order valence-electron chi connectivity index (χ0n) is 9.56. The first-order chi connectivity index (χ1) is 8.74. The summed E-state index contributed by atoms with van der Waals surface area (Å²) in [4.78, 5) is 15.2. The largest absolute Gasteiger partial charge is 0.334 e. The van der Waals surface area contributed by atoms with E-state index in [1.54, 1.807) is 0 Å². The van der Waals surface area contributed by atoms with Crippen molar-refractivity contribution in [2.24, 2.45) is 0 Å². The van der Waals surface area contributed by atoms with Crippen molar-refractivity contribution in [2.75, 3.05) is 5.32 Å². The van der Waals surface area contributed by atoms with E-state index in [-0.39, 0.29) is 6.03 Å². The molecule has 5 heteroatoms. The summed E-state index contributed by atoms with van der Waals surface area (Å²) in [5, 5.41) is 5.19. The molecule has 1 aromatic heterocycles. The number of hydrogen-bond acceptors (Lipinski definition) is 2. The first-order valence-electron chi connectivity index (χ1n) is 5.44. The van der Waals surface area contributed by atoms with Crippen molar-refractivity contribution in [1.82, 2.24) is 10.3 Å². The Labute approximate surface area is 104 Å². The molecule has 4 nitrogen and oxygen atoms in total. The average molecular weight is 245 g/mol. The lowest BCUT2D eigenvalue weighted by molar-refractivity contribution is 0.251. The van der Waals surface area contributed by atoms with Gasteiger partial charge < -0.3 is 5.32 Å². The highest BCUT2D eigenvalue weighted by molar-refractivity contribution is 5.88. The van der Waals surface area contributed by atoms with Gasteiger partial charge in [-0.25, -0.2) is 14.2 Å². The number of pyridine rings is 1. The van der Waals surface area contributed by atoms with Gasteiger partial charge in [0.15, 0.2) is 0 Å². The molecule has 0 saturated heterocycles. The second kappa shape index (κ2) is 5.77. The number of nitrogens with one attached hydrogen (secondary N) is 2. The van der Waals surface area contributed by atoms with Crippen LogP contribution in [0.4, 0.5) is 15.0 Å². The molecule has 0 aliphatic rings. The van der Waals surface area contributed by atoms with Gasteiger partial charge in [0.05, 0.1) is 6.20 Å². The van der Waals surface area contributed by atoms with Crippen molar-refractivity contribution in [3.05, 3.63) is 60.0 Å². The number of amides is 2. The molecule has 92 valence electrons. The van der Waals surface area contributed by atoms with E-state index in [1.807, 2.05) is 30.3 Å². The number of carbonyl (C=O) groups is 1. The molecule has 18 heavy (non-hydrogen) atoms. The minimum absolute atomic E-state index is 0.307. The van der Waals surface area contributed by atoms with E-state index in [0.717, 1.165) is 11.8 Å². The third-order valence-corrected chi connectivity index (χ3v) is 2.26. The second-order valence-electron chi connectivity index (χ2n) is 3.65. The van der Waals surface area contributed by atoms with Crippen LogP contribution < -0.4 is 10.6 Å². The lowest BCUT2D eigenvalue weighted by atomic mass is 10.2. The summed E-state index contributed by atoms with van der Waals surface area (Å²) in [5.41, 5.74) is 1.000. The number of benzene rings is 1. The van der Waals surface area contributed by atoms with E-state index in [4.69, 9.17) is 0 Å². The SMILES string of the molecule is O=C(NCc1ccccc1)Nc1ccc(F)cn1. The summed E-state index contributed by atoms with van der Waals surface area (Å²) in [6.45, 7) is 0.424. The summed E-state index contributed by atoms with van der Waals surface area (Å²) >= 11 is 0. The molecule has 0 aliphatic carbocycles. The Bertz CT molecular complexity index is 514. The van der Waals surface area contributed by atoms with Gasteiger partial charge >= 0.3 is 6.03 Å². The molecule has 0 aliphatic heterocycles. The maximum absolute atomic E-state index is 12.6. The summed E-state index contributed by atoms with van der Waals surface area (Å²) in [6, 6.07) is 11.8. The van der Waals surface area contributed by atoms with Crippen LogP contribution in [0, 0.1) is 5.82 Å². The van der Waals surface area contributed by atoms with Gasteiger partial charge in [-0.3, -0.25) is 5.32 Å². The molecule has 0 bridgehead atoms. The number of aromatic nitrogens is 1. The topological polar surface area (TPSA) is 54.0 Å². The molecular formula is C13H12FN3O. The van der Waals surface area contributed by atoms with Crippen LogP contribution in [0.3, 0.4) is 0 Å². The fourth-order valence-electron chi connectivity index (χ4n) is 1.39. The number of rotatable bonds is 3. The highest BCUT2D eigenvalue weighted by Gasteiger charge is 2.02. The molecule has 0 spiro atoms. The summed E-state index contributed by atoms with van der Waals surface area (Å²) in [6.07, 6.45) is 1.05. The Morgan fingerprint density at radius 1 is 1.17 bits per heavy atom. The van der Waals surface area contributed by atoms with E-state index < -0.39 is 5.82 Å². The van der Waals surface area contributed by atoms with E-state index in [0.29, 0.717) is 12.4 Å². The first kappa shape index (κ1) is 12.0. The number of nitrogens with zero attached hydrogens (tertiary/aromatic N) is 1. The molecule has 0 fully saturated rings. The fourth-order valence-corrected chi connectivity index (χ4v) is 1.39. The number of carbonyl (C=O) groups excluding carboxylic acids is 1. The maximum atomic E-state index is 12.6. The molecule has 0 unspecified atom stereocenters. The summed E-state index contributed by atoms with van der Waals surface area (Å²) in [5.74, 6) is -0.132. The van der Waals surface area contributed by atoms with E-state index in [9.17, 15) is 9.18 Å². The van der Waals surface area contributed by atoms with Crippen LogP contribution in [0.2, 0.25) is 0 Å². The highest BCUT2D eigenvalue weighted by Crippen LogP contribution is 2.03. The summed E-state index contributed by atoms with van der Waals surface area (Å²) in [7, 11) is 0. The van der Waals surface area contributed by atoms with E-state index in [1.165, 1.54) is 12.1 Å². The zero-order valence-corrected chi connectivity index (χ0v) is 9.56. The normalized spacial score (nSPS) is 9.83. The maximum Gasteiger partial charge on any atom is 0.320 e. The minimum Gasteiger partial charge on any atom is -0.334 e. The summed E-state index contributed by atoms with van der Waals surface area (Å²) < 4.78 is 12.6. The third kappa shape index (κ3) is 3.55.